The summed E-state index contributed by atoms with van der Waals surface area (Å²) in [5, 5.41) is 0. The average Bonchev–Trinajstić information content (AvgIpc) is 2.30. The van der Waals surface area contributed by atoms with Gasteiger partial charge in [0, 0.05) is 5.92 Å². The molecular weight excluding hydrogens is 150 g/mol. The van der Waals surface area contributed by atoms with Crippen molar-refractivity contribution >= 4 is 5.91 Å². The highest BCUT2D eigenvalue weighted by molar-refractivity contribution is 5.77. The predicted octanol–water partition coefficient (Wildman–Crippen LogP) is 1.79. The van der Waals surface area contributed by atoms with Crippen molar-refractivity contribution in [3.63, 3.8) is 0 Å². The first-order valence-electron chi connectivity index (χ1n) is 4.83. The Morgan fingerprint density at radius 1 is 1.42 bits per heavy atom. The van der Waals surface area contributed by atoms with Gasteiger partial charge in [-0.3, -0.25) is 4.79 Å². The third-order valence-electron chi connectivity index (χ3n) is 3.21. The number of amides is 1. The van der Waals surface area contributed by atoms with E-state index in [1.807, 2.05) is 0 Å². The molecule has 0 radical (unpaired) electrons. The molecule has 1 saturated carbocycles. The summed E-state index contributed by atoms with van der Waals surface area (Å²) in [7, 11) is 0. The molecule has 1 aliphatic carbocycles. The molecule has 0 aromatic carbocycles. The first-order valence-corrected chi connectivity index (χ1v) is 4.83. The van der Waals surface area contributed by atoms with Gasteiger partial charge in [-0.1, -0.05) is 20.8 Å². The van der Waals surface area contributed by atoms with Crippen LogP contribution in [0.4, 0.5) is 0 Å². The first kappa shape index (κ1) is 9.56. The molecule has 0 heterocycles. The van der Waals surface area contributed by atoms with Crippen LogP contribution in [0.1, 0.15) is 33.6 Å². The Kier molecular flexibility index (Phi) is 2.76. The Labute approximate surface area is 74.5 Å². The van der Waals surface area contributed by atoms with Crippen LogP contribution < -0.4 is 5.73 Å². The van der Waals surface area contributed by atoms with E-state index in [1.165, 1.54) is 6.42 Å². The van der Waals surface area contributed by atoms with Crippen LogP contribution in [0.5, 0.6) is 0 Å². The Hall–Kier alpha value is -0.530. The minimum absolute atomic E-state index is 0.0984. The third kappa shape index (κ3) is 1.62. The summed E-state index contributed by atoms with van der Waals surface area (Å²) < 4.78 is 0. The van der Waals surface area contributed by atoms with Gasteiger partial charge in [0.1, 0.15) is 0 Å². The Bertz CT molecular complexity index is 177. The van der Waals surface area contributed by atoms with Gasteiger partial charge in [0.15, 0.2) is 0 Å². The van der Waals surface area contributed by atoms with Gasteiger partial charge in [-0.05, 0) is 30.6 Å². The monoisotopic (exact) mass is 169 g/mol. The summed E-state index contributed by atoms with van der Waals surface area (Å²) in [5.41, 5.74) is 5.38. The van der Waals surface area contributed by atoms with E-state index in [2.05, 4.69) is 20.8 Å². The average molecular weight is 169 g/mol. The van der Waals surface area contributed by atoms with Gasteiger partial charge in [-0.25, -0.2) is 0 Å². The van der Waals surface area contributed by atoms with E-state index >= 15 is 0 Å². The molecule has 0 spiro atoms. The minimum Gasteiger partial charge on any atom is -0.369 e. The van der Waals surface area contributed by atoms with Gasteiger partial charge >= 0.3 is 0 Å². The molecule has 70 valence electrons. The van der Waals surface area contributed by atoms with E-state index in [0.29, 0.717) is 17.8 Å². The summed E-state index contributed by atoms with van der Waals surface area (Å²) >= 11 is 0. The molecule has 12 heavy (non-hydrogen) atoms. The van der Waals surface area contributed by atoms with Gasteiger partial charge in [0.25, 0.3) is 0 Å². The topological polar surface area (TPSA) is 43.1 Å². The number of nitrogens with two attached hydrogens (primary N) is 1. The van der Waals surface area contributed by atoms with Crippen LogP contribution in [-0.4, -0.2) is 5.91 Å². The lowest BCUT2D eigenvalue weighted by molar-refractivity contribution is -0.124. The van der Waals surface area contributed by atoms with E-state index in [1.54, 1.807) is 0 Å². The minimum atomic E-state index is -0.0984. The molecule has 3 atom stereocenters. The maximum absolute atomic E-state index is 11.1. The number of hydrogen-bond donors (Lipinski definition) is 1. The van der Waals surface area contributed by atoms with Crippen molar-refractivity contribution in [3.05, 3.63) is 0 Å². The molecule has 1 aliphatic rings. The highest BCUT2D eigenvalue weighted by atomic mass is 16.1. The number of carbonyl (C=O) groups is 1. The largest absolute Gasteiger partial charge is 0.369 e. The Balaban J connectivity index is 2.70. The zero-order valence-electron chi connectivity index (χ0n) is 8.21. The summed E-state index contributed by atoms with van der Waals surface area (Å²) in [6.45, 7) is 6.50. The van der Waals surface area contributed by atoms with Crippen molar-refractivity contribution in [2.45, 2.75) is 33.6 Å². The lowest BCUT2D eigenvalue weighted by Gasteiger charge is -2.22. The number of carbonyl (C=O) groups excluding carboxylic acids is 1. The van der Waals surface area contributed by atoms with Crippen molar-refractivity contribution < 1.29 is 4.79 Å². The summed E-state index contributed by atoms with van der Waals surface area (Å²) in [4.78, 5) is 11.1. The quantitative estimate of drug-likeness (QED) is 0.673. The normalized spacial score (nSPS) is 35.8. The number of rotatable bonds is 2. The smallest absolute Gasteiger partial charge is 0.221 e. The van der Waals surface area contributed by atoms with Crippen LogP contribution in [0.15, 0.2) is 0 Å². The zero-order valence-corrected chi connectivity index (χ0v) is 8.21. The lowest BCUT2D eigenvalue weighted by atomic mass is 9.83. The van der Waals surface area contributed by atoms with E-state index in [0.717, 1.165) is 6.42 Å². The molecule has 3 unspecified atom stereocenters. The second-order valence-corrected chi connectivity index (χ2v) is 4.39. The Morgan fingerprint density at radius 3 is 2.33 bits per heavy atom. The fourth-order valence-electron chi connectivity index (χ4n) is 2.48. The van der Waals surface area contributed by atoms with Crippen molar-refractivity contribution in [1.82, 2.24) is 0 Å². The fourth-order valence-corrected chi connectivity index (χ4v) is 2.48. The third-order valence-corrected chi connectivity index (χ3v) is 3.21. The molecule has 2 heteroatoms. The van der Waals surface area contributed by atoms with Gasteiger partial charge in [-0.15, -0.1) is 0 Å². The van der Waals surface area contributed by atoms with Crippen LogP contribution >= 0.6 is 0 Å². The number of hydrogen-bond acceptors (Lipinski definition) is 1. The van der Waals surface area contributed by atoms with Crippen LogP contribution in [0, 0.1) is 23.7 Å². The second-order valence-electron chi connectivity index (χ2n) is 4.39. The lowest BCUT2D eigenvalue weighted by Crippen LogP contribution is -2.32. The van der Waals surface area contributed by atoms with Crippen molar-refractivity contribution in [2.24, 2.45) is 29.4 Å². The van der Waals surface area contributed by atoms with Gasteiger partial charge < -0.3 is 5.73 Å². The molecule has 0 saturated heterocycles. The highest BCUT2D eigenvalue weighted by Crippen LogP contribution is 2.40. The van der Waals surface area contributed by atoms with Gasteiger partial charge in [0.05, 0.1) is 0 Å². The van der Waals surface area contributed by atoms with Crippen molar-refractivity contribution in [1.29, 1.82) is 0 Å². The molecule has 2 nitrogen and oxygen atoms in total. The van der Waals surface area contributed by atoms with Crippen LogP contribution in [-0.2, 0) is 4.79 Å². The maximum atomic E-state index is 11.1. The van der Waals surface area contributed by atoms with E-state index < -0.39 is 0 Å². The molecule has 0 aromatic heterocycles. The molecular formula is C10H19NO. The fraction of sp³-hybridized carbons (Fsp3) is 0.900. The van der Waals surface area contributed by atoms with Crippen LogP contribution in [0.25, 0.3) is 0 Å². The molecule has 1 fully saturated rings. The SMILES string of the molecule is CC(C)C1CCC(C)C1C(N)=O. The summed E-state index contributed by atoms with van der Waals surface area (Å²) in [5.74, 6) is 1.64. The molecule has 0 aliphatic heterocycles. The number of primary amides is 1. The zero-order chi connectivity index (χ0) is 9.30. The van der Waals surface area contributed by atoms with Gasteiger partial charge in [0.2, 0.25) is 5.91 Å². The molecule has 1 rings (SSSR count). The van der Waals surface area contributed by atoms with E-state index in [-0.39, 0.29) is 11.8 Å². The van der Waals surface area contributed by atoms with E-state index in [9.17, 15) is 4.79 Å². The molecule has 2 N–H and O–H groups in total. The van der Waals surface area contributed by atoms with Crippen molar-refractivity contribution in [2.75, 3.05) is 0 Å². The highest BCUT2D eigenvalue weighted by Gasteiger charge is 2.38. The summed E-state index contributed by atoms with van der Waals surface area (Å²) in [6, 6.07) is 0. The van der Waals surface area contributed by atoms with Crippen LogP contribution in [0.3, 0.4) is 0 Å². The molecule has 0 aromatic rings. The summed E-state index contributed by atoms with van der Waals surface area (Å²) in [6.07, 6.45) is 2.34. The van der Waals surface area contributed by atoms with E-state index in [4.69, 9.17) is 5.73 Å². The second kappa shape index (κ2) is 3.46. The predicted molar refractivity (Wildman–Crippen MR) is 49.4 cm³/mol. The molecule has 1 amide bonds. The standard InChI is InChI=1S/C10H19NO/c1-6(2)8-5-4-7(3)9(8)10(11)12/h6-9H,4-5H2,1-3H3,(H2,11,12). The van der Waals surface area contributed by atoms with Crippen molar-refractivity contribution in [3.8, 4) is 0 Å². The maximum Gasteiger partial charge on any atom is 0.221 e. The van der Waals surface area contributed by atoms with Gasteiger partial charge in [-0.2, -0.15) is 0 Å². The first-order chi connectivity index (χ1) is 5.54. The van der Waals surface area contributed by atoms with Crippen LogP contribution in [0.2, 0.25) is 0 Å². The Morgan fingerprint density at radius 2 is 2.00 bits per heavy atom. The molecule has 0 bridgehead atoms.